The second-order valence-corrected chi connectivity index (χ2v) is 11.5. The zero-order valence-electron chi connectivity index (χ0n) is 21.6. The Morgan fingerprint density at radius 3 is 2.30 bits per heavy atom. The molecule has 0 aromatic heterocycles. The molecular weight excluding hydrogens is 418 g/mol. The number of unbranched alkanes of at least 4 members (excludes halogenated alkanes) is 1. The molecular formula is C27H47NO5. The van der Waals surface area contributed by atoms with E-state index in [0.717, 1.165) is 64.2 Å². The number of nitrogens with one attached hydrogen (secondary N) is 1. The van der Waals surface area contributed by atoms with Gasteiger partial charge < -0.3 is 15.2 Å². The van der Waals surface area contributed by atoms with Crippen LogP contribution in [-0.2, 0) is 19.1 Å². The Morgan fingerprint density at radius 2 is 1.76 bits per heavy atom. The molecule has 0 spiro atoms. The minimum atomic E-state index is -0.701. The highest BCUT2D eigenvalue weighted by atomic mass is 16.6. The van der Waals surface area contributed by atoms with Gasteiger partial charge in [0.15, 0.2) is 0 Å². The first-order valence-corrected chi connectivity index (χ1v) is 13.3. The van der Waals surface area contributed by atoms with Gasteiger partial charge in [-0.25, -0.2) is 0 Å². The first-order valence-electron chi connectivity index (χ1n) is 13.3. The first kappa shape index (κ1) is 27.7. The highest BCUT2D eigenvalue weighted by Gasteiger charge is 2.46. The van der Waals surface area contributed by atoms with Crippen LogP contribution in [0.4, 0.5) is 0 Å². The van der Waals surface area contributed by atoms with Gasteiger partial charge in [-0.05, 0) is 78.1 Å². The second-order valence-electron chi connectivity index (χ2n) is 11.5. The largest absolute Gasteiger partial charge is 0.481 e. The smallest absolute Gasteiger partial charge is 0.309 e. The molecule has 2 rings (SSSR count). The molecule has 0 bridgehead atoms. The van der Waals surface area contributed by atoms with Crippen molar-refractivity contribution >= 4 is 17.8 Å². The summed E-state index contributed by atoms with van der Waals surface area (Å²) in [6.07, 6.45) is 10.8. The van der Waals surface area contributed by atoms with Crippen LogP contribution < -0.4 is 5.32 Å². The maximum Gasteiger partial charge on any atom is 0.309 e. The summed E-state index contributed by atoms with van der Waals surface area (Å²) >= 11 is 0. The van der Waals surface area contributed by atoms with Gasteiger partial charge >= 0.3 is 11.9 Å². The maximum atomic E-state index is 13.6. The average Bonchev–Trinajstić information content (AvgIpc) is 3.20. The lowest BCUT2D eigenvalue weighted by Gasteiger charge is -2.38. The number of hydrogen-bond acceptors (Lipinski definition) is 4. The van der Waals surface area contributed by atoms with Crippen LogP contribution in [0, 0.1) is 23.2 Å². The van der Waals surface area contributed by atoms with Crippen LogP contribution in [0.15, 0.2) is 0 Å². The van der Waals surface area contributed by atoms with Gasteiger partial charge in [0.05, 0.1) is 17.3 Å². The quantitative estimate of drug-likeness (QED) is 0.372. The molecule has 0 radical (unpaired) electrons. The number of carbonyl (C=O) groups is 3. The molecule has 190 valence electrons. The monoisotopic (exact) mass is 465 g/mol. The summed E-state index contributed by atoms with van der Waals surface area (Å²) in [6, 6.07) is 0.0265. The molecule has 6 heteroatoms. The van der Waals surface area contributed by atoms with E-state index in [4.69, 9.17) is 4.74 Å². The van der Waals surface area contributed by atoms with E-state index in [1.807, 2.05) is 20.8 Å². The van der Waals surface area contributed by atoms with E-state index in [0.29, 0.717) is 19.3 Å². The zero-order chi connectivity index (χ0) is 24.6. The maximum absolute atomic E-state index is 13.6. The van der Waals surface area contributed by atoms with Gasteiger partial charge in [-0.2, -0.15) is 0 Å². The topological polar surface area (TPSA) is 92.7 Å². The van der Waals surface area contributed by atoms with Crippen molar-refractivity contribution in [1.82, 2.24) is 5.32 Å². The minimum absolute atomic E-state index is 0.0265. The molecule has 1 amide bonds. The highest BCUT2D eigenvalue weighted by molar-refractivity contribution is 5.84. The van der Waals surface area contributed by atoms with Crippen molar-refractivity contribution in [3.05, 3.63) is 0 Å². The Balaban J connectivity index is 2.10. The van der Waals surface area contributed by atoms with Crippen molar-refractivity contribution in [3.63, 3.8) is 0 Å². The summed E-state index contributed by atoms with van der Waals surface area (Å²) in [6.45, 7) is 9.84. The Kier molecular flexibility index (Phi) is 10.2. The van der Waals surface area contributed by atoms with Crippen LogP contribution in [0.2, 0.25) is 0 Å². The third-order valence-corrected chi connectivity index (χ3v) is 7.62. The molecule has 6 nitrogen and oxygen atoms in total. The second kappa shape index (κ2) is 12.2. The molecule has 2 N–H and O–H groups in total. The molecule has 0 aromatic rings. The fourth-order valence-corrected chi connectivity index (χ4v) is 5.93. The minimum Gasteiger partial charge on any atom is -0.481 e. The molecule has 2 aliphatic rings. The third-order valence-electron chi connectivity index (χ3n) is 7.62. The van der Waals surface area contributed by atoms with Crippen molar-refractivity contribution in [2.75, 3.05) is 0 Å². The molecule has 0 aliphatic heterocycles. The molecule has 0 aromatic carbocycles. The van der Waals surface area contributed by atoms with Crippen LogP contribution >= 0.6 is 0 Å². The number of aliphatic carboxylic acids is 1. The number of hydrogen-bond donors (Lipinski definition) is 2. The summed E-state index contributed by atoms with van der Waals surface area (Å²) in [7, 11) is 0. The lowest BCUT2D eigenvalue weighted by atomic mass is 9.73. The molecule has 0 heterocycles. The average molecular weight is 466 g/mol. The molecule has 4 atom stereocenters. The van der Waals surface area contributed by atoms with Gasteiger partial charge in [0.25, 0.3) is 0 Å². The van der Waals surface area contributed by atoms with E-state index in [1.165, 1.54) is 0 Å². The number of carboxylic acids is 1. The van der Waals surface area contributed by atoms with Gasteiger partial charge in [0.2, 0.25) is 5.91 Å². The summed E-state index contributed by atoms with van der Waals surface area (Å²) in [5.74, 6) is -1.27. The Bertz CT molecular complexity index is 662. The fraction of sp³-hybridized carbons (Fsp3) is 0.889. The summed E-state index contributed by atoms with van der Waals surface area (Å²) < 4.78 is 5.70. The van der Waals surface area contributed by atoms with Crippen molar-refractivity contribution in [2.45, 2.75) is 130 Å². The number of ether oxygens (including phenoxy) is 1. The number of carbonyl (C=O) groups excluding carboxylic acids is 2. The number of rotatable bonds is 11. The van der Waals surface area contributed by atoms with Gasteiger partial charge in [0, 0.05) is 6.04 Å². The zero-order valence-corrected chi connectivity index (χ0v) is 21.6. The predicted octanol–water partition coefficient (Wildman–Crippen LogP) is 5.87. The fourth-order valence-electron chi connectivity index (χ4n) is 5.93. The van der Waals surface area contributed by atoms with Crippen LogP contribution in [-0.4, -0.2) is 34.6 Å². The SMILES string of the molecule is CCCC[C@@H]1C[C@@H](NC(=O)C2(CC(CCC)C(=O)OC(C)(C)C)CCCC2)CCC1C(=O)O. The standard InChI is InChI=1S/C27H47NO5/c1-6-8-12-19-17-21(13-14-22(19)23(29)30)28-25(32)27(15-9-10-16-27)18-20(11-7-2)24(31)33-26(3,4)5/h19-22H,6-18H2,1-5H3,(H,28,32)(H,29,30)/t19-,20?,21+,22?/m1/s1. The summed E-state index contributed by atoms with van der Waals surface area (Å²) in [5.41, 5.74) is -1.05. The van der Waals surface area contributed by atoms with Crippen molar-refractivity contribution in [3.8, 4) is 0 Å². The molecule has 2 aliphatic carbocycles. The molecule has 2 saturated carbocycles. The van der Waals surface area contributed by atoms with E-state index in [2.05, 4.69) is 19.2 Å². The molecule has 2 fully saturated rings. The van der Waals surface area contributed by atoms with Crippen molar-refractivity contribution in [2.24, 2.45) is 23.2 Å². The lowest BCUT2D eigenvalue weighted by Crippen LogP contribution is -2.49. The first-order chi connectivity index (χ1) is 15.5. The predicted molar refractivity (Wildman–Crippen MR) is 130 cm³/mol. The van der Waals surface area contributed by atoms with Crippen molar-refractivity contribution in [1.29, 1.82) is 0 Å². The van der Waals surface area contributed by atoms with Gasteiger partial charge in [-0.15, -0.1) is 0 Å². The molecule has 33 heavy (non-hydrogen) atoms. The van der Waals surface area contributed by atoms with Crippen LogP contribution in [0.1, 0.15) is 118 Å². The highest BCUT2D eigenvalue weighted by Crippen LogP contribution is 2.45. The summed E-state index contributed by atoms with van der Waals surface area (Å²) in [5, 5.41) is 13.0. The summed E-state index contributed by atoms with van der Waals surface area (Å²) in [4.78, 5) is 38.3. The van der Waals surface area contributed by atoms with Crippen LogP contribution in [0.3, 0.4) is 0 Å². The number of amides is 1. The van der Waals surface area contributed by atoms with Gasteiger partial charge in [0.1, 0.15) is 5.60 Å². The van der Waals surface area contributed by atoms with Crippen molar-refractivity contribution < 1.29 is 24.2 Å². The molecule has 2 unspecified atom stereocenters. The van der Waals surface area contributed by atoms with Gasteiger partial charge in [-0.3, -0.25) is 14.4 Å². The Morgan fingerprint density at radius 1 is 1.09 bits per heavy atom. The van der Waals surface area contributed by atoms with Gasteiger partial charge in [-0.1, -0.05) is 46.0 Å². The van der Waals surface area contributed by atoms with Crippen LogP contribution in [0.5, 0.6) is 0 Å². The van der Waals surface area contributed by atoms with E-state index in [1.54, 1.807) is 0 Å². The molecule has 0 saturated heterocycles. The third kappa shape index (κ3) is 7.99. The normalized spacial score (nSPS) is 25.9. The Hall–Kier alpha value is -1.59. The van der Waals surface area contributed by atoms with E-state index in [9.17, 15) is 19.5 Å². The number of esters is 1. The van der Waals surface area contributed by atoms with Crippen LogP contribution in [0.25, 0.3) is 0 Å². The lowest BCUT2D eigenvalue weighted by molar-refractivity contribution is -0.162. The number of carboxylic acid groups (broad SMARTS) is 1. The Labute approximate surface area is 200 Å². The van der Waals surface area contributed by atoms with E-state index < -0.39 is 17.0 Å². The van der Waals surface area contributed by atoms with E-state index >= 15 is 0 Å². The van der Waals surface area contributed by atoms with E-state index in [-0.39, 0.29) is 35.7 Å².